The van der Waals surface area contributed by atoms with E-state index in [1.165, 1.54) is 7.11 Å². The molecule has 0 aromatic heterocycles. The molecule has 140 valence electrons. The number of carbonyl (C=O) groups excluding carboxylic acids is 1. The van der Waals surface area contributed by atoms with Gasteiger partial charge in [-0.3, -0.25) is 4.79 Å². The topological polar surface area (TPSA) is 63.2 Å². The summed E-state index contributed by atoms with van der Waals surface area (Å²) in [5.41, 5.74) is 3.02. The summed E-state index contributed by atoms with van der Waals surface area (Å²) in [4.78, 5) is 11.9. The molecule has 0 unspecified atom stereocenters. The number of rotatable bonds is 11. The Labute approximate surface area is 153 Å². The standard InChI is InChI=1S/C20H24O6/c1-22-10-9-16-17(12-21)18(25-13-23-2)11-19(26-14-24-3)20(16)15-7-5-4-6-8-15/h4-8,11-12H,9-10,13-14H2,1-3H3. The van der Waals surface area contributed by atoms with Crippen LogP contribution in [-0.4, -0.2) is 47.8 Å². The number of carbonyl (C=O) groups is 1. The van der Waals surface area contributed by atoms with Crippen LogP contribution in [0.4, 0.5) is 0 Å². The summed E-state index contributed by atoms with van der Waals surface area (Å²) in [5.74, 6) is 0.972. The first kappa shape index (κ1) is 19.9. The van der Waals surface area contributed by atoms with E-state index in [2.05, 4.69) is 0 Å². The molecule has 0 bridgehead atoms. The molecule has 0 spiro atoms. The molecule has 2 aromatic carbocycles. The van der Waals surface area contributed by atoms with E-state index in [1.807, 2.05) is 30.3 Å². The average molecular weight is 360 g/mol. The van der Waals surface area contributed by atoms with Gasteiger partial charge in [0, 0.05) is 33.0 Å². The maximum absolute atomic E-state index is 11.9. The highest BCUT2D eigenvalue weighted by Crippen LogP contribution is 2.40. The fourth-order valence-corrected chi connectivity index (χ4v) is 2.69. The largest absolute Gasteiger partial charge is 0.467 e. The Hall–Kier alpha value is -2.41. The Kier molecular flexibility index (Phi) is 8.08. The molecule has 0 saturated heterocycles. The quantitative estimate of drug-likeness (QED) is 0.452. The normalized spacial score (nSPS) is 10.6. The zero-order valence-electron chi connectivity index (χ0n) is 15.3. The van der Waals surface area contributed by atoms with Gasteiger partial charge >= 0.3 is 0 Å². The molecule has 2 aromatic rings. The first-order valence-electron chi connectivity index (χ1n) is 8.19. The van der Waals surface area contributed by atoms with E-state index >= 15 is 0 Å². The van der Waals surface area contributed by atoms with Crippen molar-refractivity contribution in [2.45, 2.75) is 6.42 Å². The molecule has 2 rings (SSSR count). The van der Waals surface area contributed by atoms with Crippen LogP contribution in [0.2, 0.25) is 0 Å². The molecule has 26 heavy (non-hydrogen) atoms. The Bertz CT molecular complexity index is 699. The van der Waals surface area contributed by atoms with Crippen LogP contribution in [0.1, 0.15) is 15.9 Å². The van der Waals surface area contributed by atoms with Crippen molar-refractivity contribution < 1.29 is 28.5 Å². The van der Waals surface area contributed by atoms with Crippen LogP contribution < -0.4 is 9.47 Å². The first-order valence-corrected chi connectivity index (χ1v) is 8.19. The summed E-state index contributed by atoms with van der Waals surface area (Å²) in [5, 5.41) is 0. The van der Waals surface area contributed by atoms with Crippen LogP contribution in [0.5, 0.6) is 11.5 Å². The van der Waals surface area contributed by atoms with Crippen molar-refractivity contribution >= 4 is 6.29 Å². The third-order valence-electron chi connectivity index (χ3n) is 3.80. The van der Waals surface area contributed by atoms with Crippen LogP contribution in [-0.2, 0) is 20.6 Å². The number of methoxy groups -OCH3 is 3. The van der Waals surface area contributed by atoms with Crippen molar-refractivity contribution in [2.75, 3.05) is 41.5 Å². The van der Waals surface area contributed by atoms with E-state index in [4.69, 9.17) is 23.7 Å². The van der Waals surface area contributed by atoms with Gasteiger partial charge in [0.25, 0.3) is 0 Å². The summed E-state index contributed by atoms with van der Waals surface area (Å²) >= 11 is 0. The molecule has 0 saturated carbocycles. The molecule has 0 amide bonds. The SMILES string of the molecule is COCCc1c(C=O)c(OCOC)cc(OCOC)c1-c1ccccc1. The van der Waals surface area contributed by atoms with Gasteiger partial charge in [0.2, 0.25) is 0 Å². The molecule has 6 heteroatoms. The van der Waals surface area contributed by atoms with Crippen LogP contribution in [0.25, 0.3) is 11.1 Å². The fourth-order valence-electron chi connectivity index (χ4n) is 2.69. The van der Waals surface area contributed by atoms with Gasteiger partial charge in [-0.25, -0.2) is 0 Å². The molecular formula is C20H24O6. The first-order chi connectivity index (χ1) is 12.8. The van der Waals surface area contributed by atoms with Gasteiger partial charge in [-0.05, 0) is 17.5 Å². The van der Waals surface area contributed by atoms with Gasteiger partial charge in [-0.1, -0.05) is 30.3 Å². The van der Waals surface area contributed by atoms with Gasteiger partial charge in [-0.2, -0.15) is 0 Å². The van der Waals surface area contributed by atoms with Crippen LogP contribution in [0.15, 0.2) is 36.4 Å². The van der Waals surface area contributed by atoms with E-state index in [1.54, 1.807) is 20.3 Å². The van der Waals surface area contributed by atoms with Gasteiger partial charge in [0.1, 0.15) is 11.5 Å². The molecule has 0 heterocycles. The van der Waals surface area contributed by atoms with Crippen molar-refractivity contribution in [3.05, 3.63) is 47.5 Å². The molecule has 0 aliphatic rings. The number of benzene rings is 2. The van der Waals surface area contributed by atoms with Crippen molar-refractivity contribution in [1.29, 1.82) is 0 Å². The molecule has 0 aliphatic carbocycles. The van der Waals surface area contributed by atoms with Crippen LogP contribution >= 0.6 is 0 Å². The lowest BCUT2D eigenvalue weighted by Crippen LogP contribution is -2.10. The zero-order chi connectivity index (χ0) is 18.8. The lowest BCUT2D eigenvalue weighted by Gasteiger charge is -2.20. The van der Waals surface area contributed by atoms with Crippen molar-refractivity contribution in [3.63, 3.8) is 0 Å². The lowest BCUT2D eigenvalue weighted by molar-refractivity contribution is 0.0458. The number of hydrogen-bond acceptors (Lipinski definition) is 6. The summed E-state index contributed by atoms with van der Waals surface area (Å²) < 4.78 is 26.6. The summed E-state index contributed by atoms with van der Waals surface area (Å²) in [6, 6.07) is 11.4. The predicted octanol–water partition coefficient (Wildman–Crippen LogP) is 3.32. The van der Waals surface area contributed by atoms with Crippen LogP contribution in [0.3, 0.4) is 0 Å². The van der Waals surface area contributed by atoms with Gasteiger partial charge in [0.15, 0.2) is 19.9 Å². The van der Waals surface area contributed by atoms with E-state index in [0.29, 0.717) is 30.1 Å². The monoisotopic (exact) mass is 360 g/mol. The second kappa shape index (κ2) is 10.6. The molecule has 0 radical (unpaired) electrons. The number of ether oxygens (including phenoxy) is 5. The fraction of sp³-hybridized carbons (Fsp3) is 0.350. The van der Waals surface area contributed by atoms with E-state index in [-0.39, 0.29) is 13.6 Å². The minimum atomic E-state index is 0.0267. The van der Waals surface area contributed by atoms with E-state index in [9.17, 15) is 4.79 Å². The smallest absolute Gasteiger partial charge is 0.188 e. The predicted molar refractivity (Wildman–Crippen MR) is 97.9 cm³/mol. The van der Waals surface area contributed by atoms with Gasteiger partial charge < -0.3 is 23.7 Å². The second-order valence-electron chi connectivity index (χ2n) is 5.47. The molecule has 0 aliphatic heterocycles. The lowest BCUT2D eigenvalue weighted by atomic mass is 9.92. The van der Waals surface area contributed by atoms with Crippen LogP contribution in [0, 0.1) is 0 Å². The minimum absolute atomic E-state index is 0.0267. The average Bonchev–Trinajstić information content (AvgIpc) is 2.69. The number of aldehydes is 1. The third kappa shape index (κ3) is 4.82. The molecule has 6 nitrogen and oxygen atoms in total. The molecule has 0 fully saturated rings. The highest BCUT2D eigenvalue weighted by atomic mass is 16.7. The second-order valence-corrected chi connectivity index (χ2v) is 5.47. The minimum Gasteiger partial charge on any atom is -0.467 e. The van der Waals surface area contributed by atoms with Gasteiger partial charge in [-0.15, -0.1) is 0 Å². The molecule has 0 atom stereocenters. The summed E-state index contributed by atoms with van der Waals surface area (Å²) in [6.07, 6.45) is 1.32. The highest BCUT2D eigenvalue weighted by Gasteiger charge is 2.21. The van der Waals surface area contributed by atoms with Gasteiger partial charge in [0.05, 0.1) is 12.2 Å². The summed E-state index contributed by atoms with van der Waals surface area (Å²) in [6.45, 7) is 0.560. The maximum atomic E-state index is 11.9. The number of hydrogen-bond donors (Lipinski definition) is 0. The van der Waals surface area contributed by atoms with E-state index in [0.717, 1.165) is 23.0 Å². The van der Waals surface area contributed by atoms with Crippen molar-refractivity contribution in [2.24, 2.45) is 0 Å². The Morgan fingerprint density at radius 1 is 0.885 bits per heavy atom. The van der Waals surface area contributed by atoms with Crippen molar-refractivity contribution in [1.82, 2.24) is 0 Å². The van der Waals surface area contributed by atoms with E-state index < -0.39 is 0 Å². The Morgan fingerprint density at radius 3 is 2.12 bits per heavy atom. The summed E-state index contributed by atoms with van der Waals surface area (Å²) in [7, 11) is 4.69. The highest BCUT2D eigenvalue weighted by molar-refractivity contribution is 5.89. The maximum Gasteiger partial charge on any atom is 0.188 e. The van der Waals surface area contributed by atoms with Crippen molar-refractivity contribution in [3.8, 4) is 22.6 Å². The Morgan fingerprint density at radius 2 is 1.54 bits per heavy atom. The molecular weight excluding hydrogens is 336 g/mol. The zero-order valence-corrected chi connectivity index (χ0v) is 15.3. The third-order valence-corrected chi connectivity index (χ3v) is 3.80. The molecule has 0 N–H and O–H groups in total. The Balaban J connectivity index is 2.68.